The van der Waals surface area contributed by atoms with Crippen LogP contribution in [0.15, 0.2) is 0 Å². The van der Waals surface area contributed by atoms with Gasteiger partial charge in [0, 0.05) is 32.5 Å². The van der Waals surface area contributed by atoms with Crippen molar-refractivity contribution in [2.24, 2.45) is 0 Å². The van der Waals surface area contributed by atoms with Gasteiger partial charge in [0.2, 0.25) is 11.8 Å². The first-order valence-electron chi connectivity index (χ1n) is 5.93. The summed E-state index contributed by atoms with van der Waals surface area (Å²) in [6, 6.07) is 0. The molecule has 0 saturated carbocycles. The highest BCUT2D eigenvalue weighted by molar-refractivity contribution is 5.78. The Labute approximate surface area is 105 Å². The number of morpholine rings is 1. The smallest absolute Gasteiger partial charge is 0.303 e. The van der Waals surface area contributed by atoms with E-state index in [1.807, 2.05) is 0 Å². The van der Waals surface area contributed by atoms with Crippen molar-refractivity contribution in [3.8, 4) is 0 Å². The molecule has 18 heavy (non-hydrogen) atoms. The normalized spacial score (nSPS) is 15.6. The number of hydrogen-bond acceptors (Lipinski definition) is 4. The van der Waals surface area contributed by atoms with E-state index < -0.39 is 5.97 Å². The number of carboxylic acid groups (broad SMARTS) is 1. The second-order valence-electron chi connectivity index (χ2n) is 4.03. The van der Waals surface area contributed by atoms with E-state index in [-0.39, 0.29) is 31.3 Å². The van der Waals surface area contributed by atoms with E-state index in [2.05, 4.69) is 5.32 Å². The number of carboxylic acids is 1. The molecule has 1 fully saturated rings. The standard InChI is InChI=1S/C11H18N2O5/c14-9(2-1-3-11(16)17)12-4-5-13-6-7-18-8-10(13)15/h1-8H2,(H,12,14)(H,16,17). The third kappa shape index (κ3) is 5.62. The van der Waals surface area contributed by atoms with E-state index in [0.29, 0.717) is 32.7 Å². The van der Waals surface area contributed by atoms with Crippen LogP contribution in [-0.2, 0) is 19.1 Å². The maximum atomic E-state index is 11.3. The first kappa shape index (κ1) is 14.4. The summed E-state index contributed by atoms with van der Waals surface area (Å²) in [6.45, 7) is 2.03. The molecule has 1 saturated heterocycles. The van der Waals surface area contributed by atoms with Crippen molar-refractivity contribution in [3.05, 3.63) is 0 Å². The molecule has 102 valence electrons. The third-order valence-electron chi connectivity index (χ3n) is 2.58. The summed E-state index contributed by atoms with van der Waals surface area (Å²) >= 11 is 0. The lowest BCUT2D eigenvalue weighted by molar-refractivity contribution is -0.143. The van der Waals surface area contributed by atoms with Crippen molar-refractivity contribution in [3.63, 3.8) is 0 Å². The molecule has 7 heteroatoms. The van der Waals surface area contributed by atoms with Crippen LogP contribution in [0.25, 0.3) is 0 Å². The van der Waals surface area contributed by atoms with Crippen LogP contribution in [0, 0.1) is 0 Å². The Hall–Kier alpha value is -1.63. The monoisotopic (exact) mass is 258 g/mol. The second kappa shape index (κ2) is 7.65. The van der Waals surface area contributed by atoms with Gasteiger partial charge < -0.3 is 20.1 Å². The number of carbonyl (C=O) groups excluding carboxylic acids is 2. The molecule has 0 aromatic carbocycles. The third-order valence-corrected chi connectivity index (χ3v) is 2.58. The fraction of sp³-hybridized carbons (Fsp3) is 0.727. The Morgan fingerprint density at radius 3 is 2.83 bits per heavy atom. The van der Waals surface area contributed by atoms with Gasteiger partial charge in [-0.15, -0.1) is 0 Å². The molecule has 0 atom stereocenters. The number of nitrogens with one attached hydrogen (secondary N) is 1. The molecule has 7 nitrogen and oxygen atoms in total. The number of rotatable bonds is 7. The largest absolute Gasteiger partial charge is 0.481 e. The van der Waals surface area contributed by atoms with Crippen LogP contribution in [-0.4, -0.2) is 60.6 Å². The van der Waals surface area contributed by atoms with Crippen molar-refractivity contribution in [2.45, 2.75) is 19.3 Å². The highest BCUT2D eigenvalue weighted by Gasteiger charge is 2.17. The van der Waals surface area contributed by atoms with E-state index in [1.54, 1.807) is 4.90 Å². The number of carbonyl (C=O) groups is 3. The number of amides is 2. The van der Waals surface area contributed by atoms with Gasteiger partial charge in [-0.05, 0) is 6.42 Å². The minimum atomic E-state index is -0.901. The molecule has 0 aromatic rings. The Morgan fingerprint density at radius 1 is 1.39 bits per heavy atom. The summed E-state index contributed by atoms with van der Waals surface area (Å²) in [7, 11) is 0. The van der Waals surface area contributed by atoms with Crippen molar-refractivity contribution in [2.75, 3.05) is 32.8 Å². The van der Waals surface area contributed by atoms with Gasteiger partial charge in [-0.2, -0.15) is 0 Å². The van der Waals surface area contributed by atoms with Gasteiger partial charge in [-0.25, -0.2) is 0 Å². The topological polar surface area (TPSA) is 95.9 Å². The quantitative estimate of drug-likeness (QED) is 0.624. The van der Waals surface area contributed by atoms with Gasteiger partial charge >= 0.3 is 5.97 Å². The molecule has 0 aromatic heterocycles. The summed E-state index contributed by atoms with van der Waals surface area (Å²) in [5, 5.41) is 11.1. The minimum absolute atomic E-state index is 0.00459. The molecule has 2 amide bonds. The molecule has 0 unspecified atom stereocenters. The fourth-order valence-corrected chi connectivity index (χ4v) is 1.61. The lowest BCUT2D eigenvalue weighted by Crippen LogP contribution is -2.45. The summed E-state index contributed by atoms with van der Waals surface area (Å²) < 4.78 is 4.98. The number of ether oxygens (including phenoxy) is 1. The predicted molar refractivity (Wildman–Crippen MR) is 61.9 cm³/mol. The van der Waals surface area contributed by atoms with Crippen LogP contribution in [0.1, 0.15) is 19.3 Å². The zero-order valence-electron chi connectivity index (χ0n) is 10.2. The fourth-order valence-electron chi connectivity index (χ4n) is 1.61. The van der Waals surface area contributed by atoms with E-state index in [4.69, 9.17) is 9.84 Å². The zero-order valence-corrected chi connectivity index (χ0v) is 10.2. The van der Waals surface area contributed by atoms with Crippen LogP contribution >= 0.6 is 0 Å². The first-order valence-corrected chi connectivity index (χ1v) is 5.93. The average molecular weight is 258 g/mol. The average Bonchev–Trinajstić information content (AvgIpc) is 2.31. The molecule has 2 N–H and O–H groups in total. The van der Waals surface area contributed by atoms with Crippen molar-refractivity contribution in [1.29, 1.82) is 0 Å². The van der Waals surface area contributed by atoms with Gasteiger partial charge in [-0.1, -0.05) is 0 Å². The second-order valence-corrected chi connectivity index (χ2v) is 4.03. The SMILES string of the molecule is O=C(O)CCCC(=O)NCCN1CCOCC1=O. The molecule has 1 rings (SSSR count). The Kier molecular flexibility index (Phi) is 6.13. The molecule has 0 radical (unpaired) electrons. The molecule has 0 spiro atoms. The lowest BCUT2D eigenvalue weighted by atomic mass is 10.2. The Morgan fingerprint density at radius 2 is 2.17 bits per heavy atom. The first-order chi connectivity index (χ1) is 8.59. The summed E-state index contributed by atoms with van der Waals surface area (Å²) in [5.74, 6) is -1.15. The van der Waals surface area contributed by atoms with Crippen molar-refractivity contribution < 1.29 is 24.2 Å². The molecule has 0 aliphatic carbocycles. The minimum Gasteiger partial charge on any atom is -0.481 e. The lowest BCUT2D eigenvalue weighted by Gasteiger charge is -2.26. The molecule has 1 aliphatic rings. The predicted octanol–water partition coefficient (Wildman–Crippen LogP) is -0.784. The molecule has 1 heterocycles. The summed E-state index contributed by atoms with van der Waals surface area (Å²) in [5.41, 5.74) is 0. The van der Waals surface area contributed by atoms with Crippen LogP contribution in [0.3, 0.4) is 0 Å². The van der Waals surface area contributed by atoms with Gasteiger partial charge in [0.1, 0.15) is 6.61 Å². The summed E-state index contributed by atoms with van der Waals surface area (Å²) in [4.78, 5) is 34.5. The van der Waals surface area contributed by atoms with Crippen LogP contribution in [0.2, 0.25) is 0 Å². The van der Waals surface area contributed by atoms with Crippen molar-refractivity contribution >= 4 is 17.8 Å². The van der Waals surface area contributed by atoms with E-state index >= 15 is 0 Å². The van der Waals surface area contributed by atoms with Gasteiger partial charge in [-0.3, -0.25) is 14.4 Å². The number of nitrogens with zero attached hydrogens (tertiary/aromatic N) is 1. The van der Waals surface area contributed by atoms with Gasteiger partial charge in [0.05, 0.1) is 6.61 Å². The number of aliphatic carboxylic acids is 1. The zero-order chi connectivity index (χ0) is 13.4. The van der Waals surface area contributed by atoms with Crippen molar-refractivity contribution in [1.82, 2.24) is 10.2 Å². The number of hydrogen-bond donors (Lipinski definition) is 2. The van der Waals surface area contributed by atoms with Crippen LogP contribution in [0.5, 0.6) is 0 Å². The van der Waals surface area contributed by atoms with Gasteiger partial charge in [0.15, 0.2) is 0 Å². The molecular weight excluding hydrogens is 240 g/mol. The van der Waals surface area contributed by atoms with Crippen LogP contribution in [0.4, 0.5) is 0 Å². The van der Waals surface area contributed by atoms with E-state index in [0.717, 1.165) is 0 Å². The highest BCUT2D eigenvalue weighted by atomic mass is 16.5. The van der Waals surface area contributed by atoms with E-state index in [1.165, 1.54) is 0 Å². The molecular formula is C11H18N2O5. The van der Waals surface area contributed by atoms with E-state index in [9.17, 15) is 14.4 Å². The molecule has 0 bridgehead atoms. The maximum Gasteiger partial charge on any atom is 0.303 e. The van der Waals surface area contributed by atoms with Gasteiger partial charge in [0.25, 0.3) is 0 Å². The Bertz CT molecular complexity index is 319. The Balaban J connectivity index is 2.07. The van der Waals surface area contributed by atoms with Crippen LogP contribution < -0.4 is 5.32 Å². The summed E-state index contributed by atoms with van der Waals surface area (Å²) in [6.07, 6.45) is 0.524. The maximum absolute atomic E-state index is 11.3. The molecule has 1 aliphatic heterocycles. The highest BCUT2D eigenvalue weighted by Crippen LogP contribution is 1.98.